The van der Waals surface area contributed by atoms with Gasteiger partial charge in [-0.3, -0.25) is 10.1 Å². The number of non-ortho nitro benzene ring substituents is 1. The molecular formula is C14H10BrCl2NO2. The number of nitro groups is 1. The van der Waals surface area contributed by atoms with Gasteiger partial charge in [-0.2, -0.15) is 0 Å². The molecule has 0 bridgehead atoms. The molecule has 20 heavy (non-hydrogen) atoms. The SMILES string of the molecule is O=[N+]([O-])c1ccc(CC(Cl)c2ccc(Cl)cc2Br)cc1. The normalized spacial score (nSPS) is 12.2. The van der Waals surface area contributed by atoms with Gasteiger partial charge in [0.2, 0.25) is 0 Å². The lowest BCUT2D eigenvalue weighted by Crippen LogP contribution is -1.97. The Labute approximate surface area is 134 Å². The zero-order valence-electron chi connectivity index (χ0n) is 10.2. The highest BCUT2D eigenvalue weighted by Crippen LogP contribution is 2.33. The summed E-state index contributed by atoms with van der Waals surface area (Å²) in [5, 5.41) is 11.0. The average molecular weight is 375 g/mol. The van der Waals surface area contributed by atoms with E-state index in [-0.39, 0.29) is 11.1 Å². The quantitative estimate of drug-likeness (QED) is 0.401. The number of halogens is 3. The zero-order valence-corrected chi connectivity index (χ0v) is 13.3. The van der Waals surface area contributed by atoms with E-state index < -0.39 is 4.92 Å². The van der Waals surface area contributed by atoms with Gasteiger partial charge < -0.3 is 0 Å². The van der Waals surface area contributed by atoms with Crippen molar-refractivity contribution in [2.75, 3.05) is 0 Å². The lowest BCUT2D eigenvalue weighted by atomic mass is 10.0. The van der Waals surface area contributed by atoms with Crippen LogP contribution in [0, 0.1) is 10.1 Å². The van der Waals surface area contributed by atoms with Crippen molar-refractivity contribution in [3.05, 3.63) is 73.2 Å². The summed E-state index contributed by atoms with van der Waals surface area (Å²) in [6, 6.07) is 11.9. The largest absolute Gasteiger partial charge is 0.269 e. The molecule has 0 heterocycles. The molecule has 0 aliphatic rings. The lowest BCUT2D eigenvalue weighted by Gasteiger charge is -2.12. The van der Waals surface area contributed by atoms with Crippen molar-refractivity contribution in [3.8, 4) is 0 Å². The van der Waals surface area contributed by atoms with Gasteiger partial charge in [0.1, 0.15) is 0 Å². The van der Waals surface area contributed by atoms with Crippen molar-refractivity contribution in [3.63, 3.8) is 0 Å². The van der Waals surface area contributed by atoms with Gasteiger partial charge in [-0.25, -0.2) is 0 Å². The Balaban J connectivity index is 2.14. The molecule has 2 aromatic carbocycles. The van der Waals surface area contributed by atoms with E-state index in [1.165, 1.54) is 12.1 Å². The van der Waals surface area contributed by atoms with E-state index >= 15 is 0 Å². The topological polar surface area (TPSA) is 43.1 Å². The third-order valence-electron chi connectivity index (χ3n) is 2.86. The Kier molecular flexibility index (Phi) is 5.02. The van der Waals surface area contributed by atoms with Crippen LogP contribution >= 0.6 is 39.1 Å². The predicted molar refractivity (Wildman–Crippen MR) is 84.5 cm³/mol. The minimum atomic E-state index is -0.419. The van der Waals surface area contributed by atoms with E-state index in [9.17, 15) is 10.1 Å². The third kappa shape index (κ3) is 3.72. The first-order valence-corrected chi connectivity index (χ1v) is 7.40. The number of nitrogens with zero attached hydrogens (tertiary/aromatic N) is 1. The van der Waals surface area contributed by atoms with E-state index in [2.05, 4.69) is 15.9 Å². The second-order valence-electron chi connectivity index (χ2n) is 4.26. The Hall–Kier alpha value is -1.10. The Morgan fingerprint density at radius 1 is 1.20 bits per heavy atom. The summed E-state index contributed by atoms with van der Waals surface area (Å²) < 4.78 is 0.854. The van der Waals surface area contributed by atoms with Gasteiger partial charge in [0.05, 0.1) is 10.3 Å². The van der Waals surface area contributed by atoms with Crippen molar-refractivity contribution in [1.82, 2.24) is 0 Å². The zero-order chi connectivity index (χ0) is 14.7. The van der Waals surface area contributed by atoms with E-state index in [4.69, 9.17) is 23.2 Å². The van der Waals surface area contributed by atoms with E-state index in [1.54, 1.807) is 24.3 Å². The van der Waals surface area contributed by atoms with E-state index in [0.717, 1.165) is 15.6 Å². The fraction of sp³-hybridized carbons (Fsp3) is 0.143. The van der Waals surface area contributed by atoms with E-state index in [1.807, 2.05) is 6.07 Å². The van der Waals surface area contributed by atoms with Crippen molar-refractivity contribution in [2.45, 2.75) is 11.8 Å². The number of nitro benzene ring substituents is 1. The Morgan fingerprint density at radius 2 is 1.85 bits per heavy atom. The first kappa shape index (κ1) is 15.3. The van der Waals surface area contributed by atoms with Crippen molar-refractivity contribution in [2.24, 2.45) is 0 Å². The predicted octanol–water partition coefficient (Wildman–Crippen LogP) is 5.53. The second-order valence-corrected chi connectivity index (χ2v) is 6.08. The van der Waals surface area contributed by atoms with Crippen LogP contribution < -0.4 is 0 Å². The third-order valence-corrected chi connectivity index (χ3v) is 4.17. The molecule has 2 aromatic rings. The van der Waals surface area contributed by atoms with Crippen LogP contribution in [0.25, 0.3) is 0 Å². The molecule has 1 unspecified atom stereocenters. The average Bonchev–Trinajstić information content (AvgIpc) is 2.39. The van der Waals surface area contributed by atoms with Gasteiger partial charge >= 0.3 is 0 Å². The summed E-state index contributed by atoms with van der Waals surface area (Å²) in [6.45, 7) is 0. The van der Waals surface area contributed by atoms with Crippen molar-refractivity contribution in [1.29, 1.82) is 0 Å². The van der Waals surface area contributed by atoms with Gasteiger partial charge in [0, 0.05) is 21.6 Å². The fourth-order valence-corrected chi connectivity index (χ4v) is 3.29. The summed E-state index contributed by atoms with van der Waals surface area (Å²) in [4.78, 5) is 10.2. The number of hydrogen-bond donors (Lipinski definition) is 0. The number of hydrogen-bond acceptors (Lipinski definition) is 2. The van der Waals surface area contributed by atoms with Crippen LogP contribution in [0.1, 0.15) is 16.5 Å². The van der Waals surface area contributed by atoms with Crippen molar-refractivity contribution >= 4 is 44.8 Å². The maximum absolute atomic E-state index is 10.6. The number of alkyl halides is 1. The molecule has 0 aliphatic heterocycles. The van der Waals surface area contributed by atoms with Gasteiger partial charge in [-0.15, -0.1) is 11.6 Å². The molecule has 104 valence electrons. The highest BCUT2D eigenvalue weighted by molar-refractivity contribution is 9.10. The molecule has 0 saturated heterocycles. The summed E-state index contributed by atoms with van der Waals surface area (Å²) in [5.41, 5.74) is 1.96. The van der Waals surface area contributed by atoms with Crippen LogP contribution in [0.15, 0.2) is 46.9 Å². The maximum atomic E-state index is 10.6. The molecule has 0 aliphatic carbocycles. The van der Waals surface area contributed by atoms with Crippen LogP contribution in [0.4, 0.5) is 5.69 Å². The van der Waals surface area contributed by atoms with Gasteiger partial charge in [-0.1, -0.05) is 45.7 Å². The van der Waals surface area contributed by atoms with Crippen LogP contribution in [-0.4, -0.2) is 4.92 Å². The number of rotatable bonds is 4. The summed E-state index contributed by atoms with van der Waals surface area (Å²) in [7, 11) is 0. The molecule has 0 amide bonds. The maximum Gasteiger partial charge on any atom is 0.269 e. The standard InChI is InChI=1S/C14H10BrCl2NO2/c15-13-8-10(16)3-6-12(13)14(17)7-9-1-4-11(5-2-9)18(19)20/h1-6,8,14H,7H2. The molecule has 0 fully saturated rings. The first-order valence-electron chi connectivity index (χ1n) is 5.79. The molecule has 1 atom stereocenters. The molecule has 0 aromatic heterocycles. The fourth-order valence-electron chi connectivity index (χ4n) is 1.83. The monoisotopic (exact) mass is 373 g/mol. The van der Waals surface area contributed by atoms with Gasteiger partial charge in [-0.05, 0) is 29.7 Å². The first-order chi connectivity index (χ1) is 9.47. The summed E-state index contributed by atoms with van der Waals surface area (Å²) >= 11 is 15.7. The molecule has 0 N–H and O–H groups in total. The molecule has 2 rings (SSSR count). The lowest BCUT2D eigenvalue weighted by molar-refractivity contribution is -0.384. The smallest absolute Gasteiger partial charge is 0.258 e. The van der Waals surface area contributed by atoms with Gasteiger partial charge in [0.25, 0.3) is 5.69 Å². The molecule has 0 spiro atoms. The highest BCUT2D eigenvalue weighted by atomic mass is 79.9. The van der Waals surface area contributed by atoms with Gasteiger partial charge in [0.15, 0.2) is 0 Å². The summed E-state index contributed by atoms with van der Waals surface area (Å²) in [5.74, 6) is 0. The molecule has 0 saturated carbocycles. The number of benzene rings is 2. The van der Waals surface area contributed by atoms with E-state index in [0.29, 0.717) is 11.4 Å². The minimum Gasteiger partial charge on any atom is -0.258 e. The van der Waals surface area contributed by atoms with Crippen LogP contribution in [-0.2, 0) is 6.42 Å². The van der Waals surface area contributed by atoms with Crippen molar-refractivity contribution < 1.29 is 4.92 Å². The van der Waals surface area contributed by atoms with Crippen LogP contribution in [0.2, 0.25) is 5.02 Å². The molecule has 3 nitrogen and oxygen atoms in total. The second kappa shape index (κ2) is 6.57. The molecular weight excluding hydrogens is 365 g/mol. The minimum absolute atomic E-state index is 0.0764. The molecule has 0 radical (unpaired) electrons. The highest BCUT2D eigenvalue weighted by Gasteiger charge is 2.13. The van der Waals surface area contributed by atoms with Crippen LogP contribution in [0.5, 0.6) is 0 Å². The Morgan fingerprint density at radius 3 is 2.40 bits per heavy atom. The summed E-state index contributed by atoms with van der Waals surface area (Å²) in [6.07, 6.45) is 0.583. The molecule has 6 heteroatoms. The van der Waals surface area contributed by atoms with Crippen LogP contribution in [0.3, 0.4) is 0 Å². The Bertz CT molecular complexity index is 632.